The van der Waals surface area contributed by atoms with Gasteiger partial charge in [0.25, 0.3) is 5.89 Å². The Morgan fingerprint density at radius 2 is 1.88 bits per heavy atom. The lowest BCUT2D eigenvalue weighted by atomic mass is 10.2. The van der Waals surface area contributed by atoms with Gasteiger partial charge in [-0.05, 0) is 24.3 Å². The van der Waals surface area contributed by atoms with Crippen LogP contribution in [-0.4, -0.2) is 20.3 Å². The second kappa shape index (κ2) is 6.37. The number of thioether (sulfide) groups is 1. The molecule has 2 heterocycles. The van der Waals surface area contributed by atoms with E-state index in [2.05, 4.69) is 20.3 Å². The number of aromatic nitrogens is 4. The van der Waals surface area contributed by atoms with Gasteiger partial charge in [-0.3, -0.25) is 0 Å². The molecule has 2 aromatic heterocycles. The lowest BCUT2D eigenvalue weighted by Gasteiger charge is -2.01. The highest BCUT2D eigenvalue weighted by atomic mass is 32.2. The second-order valence-corrected chi connectivity index (χ2v) is 6.01. The summed E-state index contributed by atoms with van der Waals surface area (Å²) in [6.07, 6.45) is 1.74. The maximum atomic E-state index is 13.0. The van der Waals surface area contributed by atoms with Gasteiger partial charge in [-0.1, -0.05) is 41.2 Å². The van der Waals surface area contributed by atoms with Gasteiger partial charge in [-0.25, -0.2) is 4.39 Å². The number of hydrogen-bond acceptors (Lipinski definition) is 6. The van der Waals surface area contributed by atoms with Crippen LogP contribution in [-0.2, 0) is 5.75 Å². The molecule has 0 amide bonds. The molecule has 0 fully saturated rings. The van der Waals surface area contributed by atoms with E-state index in [4.69, 9.17) is 4.52 Å². The average Bonchev–Trinajstić information content (AvgIpc) is 3.09. The van der Waals surface area contributed by atoms with Crippen molar-refractivity contribution in [3.05, 3.63) is 66.4 Å². The van der Waals surface area contributed by atoms with Crippen LogP contribution in [0.3, 0.4) is 0 Å². The summed E-state index contributed by atoms with van der Waals surface area (Å²) in [7, 11) is 0. The molecule has 0 unspecified atom stereocenters. The summed E-state index contributed by atoms with van der Waals surface area (Å²) in [4.78, 5) is 4.34. The fourth-order valence-electron chi connectivity index (χ4n) is 2.26. The monoisotopic (exact) mass is 338 g/mol. The Hall–Kier alpha value is -2.80. The van der Waals surface area contributed by atoms with E-state index in [1.54, 1.807) is 18.3 Å². The first-order valence-corrected chi connectivity index (χ1v) is 8.20. The number of benzene rings is 2. The van der Waals surface area contributed by atoms with Crippen molar-refractivity contribution in [1.82, 2.24) is 20.3 Å². The van der Waals surface area contributed by atoms with E-state index in [9.17, 15) is 4.39 Å². The van der Waals surface area contributed by atoms with Crippen LogP contribution in [0.25, 0.3) is 22.2 Å². The highest BCUT2D eigenvalue weighted by Gasteiger charge is 2.11. The Morgan fingerprint density at radius 1 is 1.04 bits per heavy atom. The maximum Gasteiger partial charge on any atom is 0.257 e. The molecule has 7 heteroatoms. The molecule has 4 aromatic rings. The van der Waals surface area contributed by atoms with Crippen LogP contribution in [0.1, 0.15) is 5.82 Å². The zero-order valence-corrected chi connectivity index (χ0v) is 13.2. The lowest BCUT2D eigenvalue weighted by molar-refractivity contribution is 0.425. The van der Waals surface area contributed by atoms with Gasteiger partial charge in [0, 0.05) is 16.3 Å². The van der Waals surface area contributed by atoms with Crippen molar-refractivity contribution >= 4 is 22.5 Å². The molecule has 4 rings (SSSR count). The number of hydrogen-bond donors (Lipinski definition) is 0. The van der Waals surface area contributed by atoms with Crippen molar-refractivity contribution in [1.29, 1.82) is 0 Å². The number of halogens is 1. The minimum Gasteiger partial charge on any atom is -0.334 e. The van der Waals surface area contributed by atoms with Crippen molar-refractivity contribution in [2.24, 2.45) is 0 Å². The highest BCUT2D eigenvalue weighted by Crippen LogP contribution is 2.27. The van der Waals surface area contributed by atoms with Crippen LogP contribution in [0.2, 0.25) is 0 Å². The van der Waals surface area contributed by atoms with Crippen molar-refractivity contribution in [3.8, 4) is 11.5 Å². The maximum absolute atomic E-state index is 13.0. The molecule has 118 valence electrons. The largest absolute Gasteiger partial charge is 0.334 e. The third kappa shape index (κ3) is 2.98. The summed E-state index contributed by atoms with van der Waals surface area (Å²) in [5.74, 6) is 1.13. The smallest absolute Gasteiger partial charge is 0.257 e. The van der Waals surface area contributed by atoms with Gasteiger partial charge in [0.2, 0.25) is 0 Å². The molecular weight excluding hydrogens is 327 g/mol. The molecule has 0 saturated carbocycles. The molecule has 0 aliphatic heterocycles. The van der Waals surface area contributed by atoms with E-state index in [1.165, 1.54) is 23.9 Å². The SMILES string of the molecule is Fc1ccc(-c2nc(CSc3nncc4ccccc34)no2)cc1. The Bertz CT molecular complexity index is 982. The minimum absolute atomic E-state index is 0.302. The first-order valence-electron chi connectivity index (χ1n) is 7.21. The van der Waals surface area contributed by atoms with Gasteiger partial charge in [0.15, 0.2) is 5.82 Å². The summed E-state index contributed by atoms with van der Waals surface area (Å²) < 4.78 is 18.2. The Kier molecular flexibility index (Phi) is 3.92. The number of fused-ring (bicyclic) bond motifs is 1. The predicted molar refractivity (Wildman–Crippen MR) is 88.8 cm³/mol. The molecule has 0 atom stereocenters. The lowest BCUT2D eigenvalue weighted by Crippen LogP contribution is -1.90. The Labute approximate surface area is 140 Å². The number of rotatable bonds is 4. The minimum atomic E-state index is -0.302. The standard InChI is InChI=1S/C17H11FN4OS/c18-13-7-5-11(6-8-13)16-20-15(22-23-16)10-24-17-14-4-2-1-3-12(14)9-19-21-17/h1-9H,10H2. The average molecular weight is 338 g/mol. The van der Waals surface area contributed by atoms with Crippen LogP contribution >= 0.6 is 11.8 Å². The molecule has 5 nitrogen and oxygen atoms in total. The predicted octanol–water partition coefficient (Wildman–Crippen LogP) is 4.11. The number of nitrogens with zero attached hydrogens (tertiary/aromatic N) is 4. The molecule has 0 aliphatic carbocycles. The molecule has 0 radical (unpaired) electrons. The second-order valence-electron chi connectivity index (χ2n) is 5.05. The summed E-state index contributed by atoms with van der Waals surface area (Å²) >= 11 is 1.50. The van der Waals surface area contributed by atoms with Crippen molar-refractivity contribution in [2.45, 2.75) is 10.8 Å². The topological polar surface area (TPSA) is 64.7 Å². The summed E-state index contributed by atoms with van der Waals surface area (Å²) in [5.41, 5.74) is 0.685. The van der Waals surface area contributed by atoms with E-state index in [0.29, 0.717) is 23.0 Å². The van der Waals surface area contributed by atoms with E-state index < -0.39 is 0 Å². The van der Waals surface area contributed by atoms with Crippen LogP contribution in [0.4, 0.5) is 4.39 Å². The van der Waals surface area contributed by atoms with Crippen LogP contribution in [0.5, 0.6) is 0 Å². The molecule has 2 aromatic carbocycles. The summed E-state index contributed by atoms with van der Waals surface area (Å²) in [5, 5.41) is 15.1. The Morgan fingerprint density at radius 3 is 2.75 bits per heavy atom. The summed E-state index contributed by atoms with van der Waals surface area (Å²) in [6.45, 7) is 0. The van der Waals surface area contributed by atoms with Gasteiger partial charge < -0.3 is 4.52 Å². The molecule has 0 bridgehead atoms. The Balaban J connectivity index is 1.53. The third-order valence-corrected chi connectivity index (χ3v) is 4.41. The zero-order chi connectivity index (χ0) is 16.4. The van der Waals surface area contributed by atoms with E-state index in [1.807, 2.05) is 24.3 Å². The van der Waals surface area contributed by atoms with Crippen LogP contribution in [0, 0.1) is 5.82 Å². The molecule has 0 N–H and O–H groups in total. The quantitative estimate of drug-likeness (QED) is 0.522. The molecule has 0 spiro atoms. The van der Waals surface area contributed by atoms with Crippen molar-refractivity contribution in [2.75, 3.05) is 0 Å². The van der Waals surface area contributed by atoms with Gasteiger partial charge in [0.05, 0.1) is 11.9 Å². The molecule has 0 aliphatic rings. The van der Waals surface area contributed by atoms with E-state index in [-0.39, 0.29) is 5.82 Å². The first-order chi connectivity index (χ1) is 11.8. The summed E-state index contributed by atoms with van der Waals surface area (Å²) in [6, 6.07) is 13.9. The fourth-order valence-corrected chi connectivity index (χ4v) is 3.09. The molecule has 0 saturated heterocycles. The van der Waals surface area contributed by atoms with Gasteiger partial charge in [-0.2, -0.15) is 10.1 Å². The normalized spacial score (nSPS) is 11.0. The van der Waals surface area contributed by atoms with Crippen LogP contribution < -0.4 is 0 Å². The highest BCUT2D eigenvalue weighted by molar-refractivity contribution is 7.98. The van der Waals surface area contributed by atoms with E-state index in [0.717, 1.165) is 15.8 Å². The van der Waals surface area contributed by atoms with Crippen molar-refractivity contribution in [3.63, 3.8) is 0 Å². The van der Waals surface area contributed by atoms with Gasteiger partial charge >= 0.3 is 0 Å². The molecule has 24 heavy (non-hydrogen) atoms. The van der Waals surface area contributed by atoms with Gasteiger partial charge in [0.1, 0.15) is 10.8 Å². The zero-order valence-electron chi connectivity index (χ0n) is 12.4. The first kappa shape index (κ1) is 14.8. The molecular formula is C17H11FN4OS. The van der Waals surface area contributed by atoms with Crippen LogP contribution in [0.15, 0.2) is 64.3 Å². The van der Waals surface area contributed by atoms with E-state index >= 15 is 0 Å². The van der Waals surface area contributed by atoms with Gasteiger partial charge in [-0.15, -0.1) is 5.10 Å². The van der Waals surface area contributed by atoms with Crippen molar-refractivity contribution < 1.29 is 8.91 Å². The fraction of sp³-hybridized carbons (Fsp3) is 0.0588. The third-order valence-electron chi connectivity index (χ3n) is 3.43.